The monoisotopic (exact) mass is 259 g/mol. The van der Waals surface area contributed by atoms with Crippen LogP contribution in [0, 0.1) is 0 Å². The lowest BCUT2D eigenvalue weighted by Crippen LogP contribution is -2.33. The van der Waals surface area contributed by atoms with Gasteiger partial charge >= 0.3 is 0 Å². The van der Waals surface area contributed by atoms with Crippen molar-refractivity contribution in [2.75, 3.05) is 7.11 Å². The SMILES string of the molecule is COc1ccc(CN[C@@H](C)[C@@H](C)n2cccn2)cc1. The zero-order valence-electron chi connectivity index (χ0n) is 11.7. The highest BCUT2D eigenvalue weighted by Crippen LogP contribution is 2.13. The molecular weight excluding hydrogens is 238 g/mol. The maximum atomic E-state index is 5.15. The Morgan fingerprint density at radius 1 is 1.26 bits per heavy atom. The van der Waals surface area contributed by atoms with Crippen molar-refractivity contribution in [3.05, 3.63) is 48.3 Å². The largest absolute Gasteiger partial charge is 0.497 e. The highest BCUT2D eigenvalue weighted by atomic mass is 16.5. The van der Waals surface area contributed by atoms with Crippen molar-refractivity contribution >= 4 is 0 Å². The molecule has 2 rings (SSSR count). The van der Waals surface area contributed by atoms with Crippen molar-refractivity contribution in [2.24, 2.45) is 0 Å². The van der Waals surface area contributed by atoms with Crippen LogP contribution >= 0.6 is 0 Å². The van der Waals surface area contributed by atoms with E-state index in [2.05, 4.69) is 36.4 Å². The van der Waals surface area contributed by atoms with Gasteiger partial charge in [0.15, 0.2) is 0 Å². The number of rotatable bonds is 6. The minimum atomic E-state index is 0.327. The van der Waals surface area contributed by atoms with Gasteiger partial charge in [-0.05, 0) is 37.6 Å². The minimum absolute atomic E-state index is 0.327. The molecule has 0 radical (unpaired) electrons. The van der Waals surface area contributed by atoms with E-state index in [-0.39, 0.29) is 0 Å². The highest BCUT2D eigenvalue weighted by molar-refractivity contribution is 5.27. The molecule has 0 fully saturated rings. The lowest BCUT2D eigenvalue weighted by molar-refractivity contribution is 0.365. The predicted octanol–water partition coefficient (Wildman–Crippen LogP) is 2.63. The Balaban J connectivity index is 1.87. The van der Waals surface area contributed by atoms with E-state index in [1.54, 1.807) is 7.11 Å². The average molecular weight is 259 g/mol. The molecule has 0 bridgehead atoms. The summed E-state index contributed by atoms with van der Waals surface area (Å²) in [4.78, 5) is 0. The number of ether oxygens (including phenoxy) is 1. The Kier molecular flexibility index (Phi) is 4.58. The summed E-state index contributed by atoms with van der Waals surface area (Å²) in [6.07, 6.45) is 3.81. The number of aromatic nitrogens is 2. The van der Waals surface area contributed by atoms with Gasteiger partial charge in [-0.2, -0.15) is 5.10 Å². The number of nitrogens with one attached hydrogen (secondary N) is 1. The van der Waals surface area contributed by atoms with Crippen LogP contribution < -0.4 is 10.1 Å². The molecule has 19 heavy (non-hydrogen) atoms. The molecule has 0 spiro atoms. The van der Waals surface area contributed by atoms with Gasteiger partial charge in [0.1, 0.15) is 5.75 Å². The van der Waals surface area contributed by atoms with Crippen LogP contribution in [0.25, 0.3) is 0 Å². The topological polar surface area (TPSA) is 39.1 Å². The Labute approximate surface area is 114 Å². The molecule has 4 heteroatoms. The summed E-state index contributed by atoms with van der Waals surface area (Å²) < 4.78 is 7.13. The molecule has 1 aromatic carbocycles. The molecule has 1 heterocycles. The fourth-order valence-corrected chi connectivity index (χ4v) is 1.94. The fourth-order valence-electron chi connectivity index (χ4n) is 1.94. The van der Waals surface area contributed by atoms with Crippen molar-refractivity contribution in [1.82, 2.24) is 15.1 Å². The maximum absolute atomic E-state index is 5.15. The van der Waals surface area contributed by atoms with E-state index in [1.165, 1.54) is 5.56 Å². The Morgan fingerprint density at radius 3 is 2.58 bits per heavy atom. The van der Waals surface area contributed by atoms with Gasteiger partial charge in [0.05, 0.1) is 13.2 Å². The molecule has 1 N–H and O–H groups in total. The molecule has 102 valence electrons. The van der Waals surface area contributed by atoms with Gasteiger partial charge in [0.2, 0.25) is 0 Å². The van der Waals surface area contributed by atoms with Gasteiger partial charge in [-0.15, -0.1) is 0 Å². The molecule has 0 aliphatic carbocycles. The third-order valence-electron chi connectivity index (χ3n) is 3.45. The van der Waals surface area contributed by atoms with Crippen molar-refractivity contribution < 1.29 is 4.74 Å². The first-order valence-electron chi connectivity index (χ1n) is 6.56. The second-order valence-corrected chi connectivity index (χ2v) is 4.74. The standard InChI is InChI=1S/C15H21N3O/c1-12(13(2)18-10-4-9-17-18)16-11-14-5-7-15(19-3)8-6-14/h4-10,12-13,16H,11H2,1-3H3/t12-,13+/m0/s1. The fraction of sp³-hybridized carbons (Fsp3) is 0.400. The summed E-state index contributed by atoms with van der Waals surface area (Å²) in [5.41, 5.74) is 1.25. The Hall–Kier alpha value is -1.81. The van der Waals surface area contributed by atoms with Crippen LogP contribution in [0.5, 0.6) is 5.75 Å². The zero-order valence-corrected chi connectivity index (χ0v) is 11.7. The minimum Gasteiger partial charge on any atom is -0.497 e. The van der Waals surface area contributed by atoms with Crippen molar-refractivity contribution in [1.29, 1.82) is 0 Å². The van der Waals surface area contributed by atoms with Crippen LogP contribution in [0.3, 0.4) is 0 Å². The van der Waals surface area contributed by atoms with Crippen molar-refractivity contribution in [2.45, 2.75) is 32.5 Å². The van der Waals surface area contributed by atoms with Gasteiger partial charge in [0, 0.05) is 25.0 Å². The Morgan fingerprint density at radius 2 is 2.00 bits per heavy atom. The van der Waals surface area contributed by atoms with Crippen LogP contribution in [0.2, 0.25) is 0 Å². The van der Waals surface area contributed by atoms with Gasteiger partial charge in [-0.3, -0.25) is 4.68 Å². The molecule has 0 saturated heterocycles. The summed E-state index contributed by atoms with van der Waals surface area (Å²) in [5, 5.41) is 7.80. The number of nitrogens with zero attached hydrogens (tertiary/aromatic N) is 2. The van der Waals surface area contributed by atoms with E-state index >= 15 is 0 Å². The second-order valence-electron chi connectivity index (χ2n) is 4.74. The molecule has 1 aromatic heterocycles. The summed E-state index contributed by atoms with van der Waals surface area (Å²) in [7, 11) is 1.68. The predicted molar refractivity (Wildman–Crippen MR) is 76.2 cm³/mol. The van der Waals surface area contributed by atoms with E-state index in [0.29, 0.717) is 12.1 Å². The first-order chi connectivity index (χ1) is 9.20. The molecule has 0 saturated carbocycles. The third-order valence-corrected chi connectivity index (χ3v) is 3.45. The number of benzene rings is 1. The smallest absolute Gasteiger partial charge is 0.118 e. The van der Waals surface area contributed by atoms with Gasteiger partial charge < -0.3 is 10.1 Å². The van der Waals surface area contributed by atoms with Crippen LogP contribution in [-0.2, 0) is 6.54 Å². The molecule has 2 atom stereocenters. The third kappa shape index (κ3) is 3.58. The van der Waals surface area contributed by atoms with Crippen molar-refractivity contribution in [3.8, 4) is 5.75 Å². The summed E-state index contributed by atoms with van der Waals surface area (Å²) in [6.45, 7) is 5.19. The van der Waals surface area contributed by atoms with E-state index in [9.17, 15) is 0 Å². The van der Waals surface area contributed by atoms with Crippen molar-refractivity contribution in [3.63, 3.8) is 0 Å². The molecule has 0 unspecified atom stereocenters. The number of hydrogen-bond acceptors (Lipinski definition) is 3. The van der Waals surface area contributed by atoms with E-state index in [1.807, 2.05) is 35.3 Å². The Bertz CT molecular complexity index is 479. The van der Waals surface area contributed by atoms with Gasteiger partial charge in [-0.25, -0.2) is 0 Å². The van der Waals surface area contributed by atoms with Crippen LogP contribution in [0.15, 0.2) is 42.7 Å². The lowest BCUT2D eigenvalue weighted by atomic mass is 10.1. The summed E-state index contributed by atoms with van der Waals surface area (Å²) in [6, 6.07) is 10.8. The summed E-state index contributed by atoms with van der Waals surface area (Å²) in [5.74, 6) is 0.890. The van der Waals surface area contributed by atoms with E-state index < -0.39 is 0 Å². The quantitative estimate of drug-likeness (QED) is 0.866. The average Bonchev–Trinajstić information content (AvgIpc) is 2.98. The molecule has 0 amide bonds. The molecule has 4 nitrogen and oxygen atoms in total. The molecular formula is C15H21N3O. The zero-order chi connectivity index (χ0) is 13.7. The highest BCUT2D eigenvalue weighted by Gasteiger charge is 2.13. The van der Waals surface area contributed by atoms with E-state index in [0.717, 1.165) is 12.3 Å². The van der Waals surface area contributed by atoms with Crippen LogP contribution in [-0.4, -0.2) is 22.9 Å². The first kappa shape index (κ1) is 13.6. The van der Waals surface area contributed by atoms with Gasteiger partial charge in [0.25, 0.3) is 0 Å². The van der Waals surface area contributed by atoms with Crippen LogP contribution in [0.1, 0.15) is 25.5 Å². The summed E-state index contributed by atoms with van der Waals surface area (Å²) >= 11 is 0. The maximum Gasteiger partial charge on any atom is 0.118 e. The second kappa shape index (κ2) is 6.38. The molecule has 0 aliphatic rings. The molecule has 2 aromatic rings. The lowest BCUT2D eigenvalue weighted by Gasteiger charge is -2.21. The normalized spacial score (nSPS) is 14.1. The number of hydrogen-bond donors (Lipinski definition) is 1. The molecule has 0 aliphatic heterocycles. The van der Waals surface area contributed by atoms with Crippen LogP contribution in [0.4, 0.5) is 0 Å². The van der Waals surface area contributed by atoms with Gasteiger partial charge in [-0.1, -0.05) is 12.1 Å². The number of methoxy groups -OCH3 is 1. The van der Waals surface area contributed by atoms with E-state index in [4.69, 9.17) is 4.74 Å². The first-order valence-corrected chi connectivity index (χ1v) is 6.56.